The van der Waals surface area contributed by atoms with E-state index >= 15 is 0 Å². The lowest BCUT2D eigenvalue weighted by molar-refractivity contribution is 0.575. The van der Waals surface area contributed by atoms with Crippen LogP contribution in [-0.4, -0.2) is 21.1 Å². The average molecular weight is 347 g/mol. The van der Waals surface area contributed by atoms with Gasteiger partial charge >= 0.3 is 0 Å². The number of nitrogens with one attached hydrogen (secondary N) is 1. The molecule has 21 heavy (non-hydrogen) atoms. The Morgan fingerprint density at radius 3 is 2.76 bits per heavy atom. The van der Waals surface area contributed by atoms with Crippen LogP contribution in [0.1, 0.15) is 5.76 Å². The van der Waals surface area contributed by atoms with Crippen LogP contribution in [0, 0.1) is 0 Å². The number of aromatic nitrogens is 3. The van der Waals surface area contributed by atoms with E-state index in [1.54, 1.807) is 0 Å². The molecule has 0 radical (unpaired) electrons. The van der Waals surface area contributed by atoms with Crippen LogP contribution in [0.15, 0.2) is 56.7 Å². The van der Waals surface area contributed by atoms with Crippen molar-refractivity contribution in [3.05, 3.63) is 53.0 Å². The molecule has 2 heterocycles. The zero-order valence-corrected chi connectivity index (χ0v) is 12.4. The molecule has 3 rings (SSSR count). The van der Waals surface area contributed by atoms with E-state index in [2.05, 4.69) is 36.7 Å². The molecular formula is C13H11BrN6O. The van der Waals surface area contributed by atoms with Crippen molar-refractivity contribution < 1.29 is 4.42 Å². The topological polar surface area (TPSA) is 94.3 Å². The summed E-state index contributed by atoms with van der Waals surface area (Å²) in [6, 6.07) is 11.6. The molecule has 7 nitrogen and oxygen atoms in total. The summed E-state index contributed by atoms with van der Waals surface area (Å²) in [5, 5.41) is 11.3. The summed E-state index contributed by atoms with van der Waals surface area (Å²) < 4.78 is 7.93. The lowest BCUT2D eigenvalue weighted by atomic mass is 10.2. The highest BCUT2D eigenvalue weighted by Crippen LogP contribution is 2.23. The summed E-state index contributed by atoms with van der Waals surface area (Å²) in [5.41, 5.74) is 3.66. The molecule has 0 saturated carbocycles. The number of hydrazone groups is 1. The monoisotopic (exact) mass is 346 g/mol. The van der Waals surface area contributed by atoms with Gasteiger partial charge in [-0.2, -0.15) is 5.10 Å². The van der Waals surface area contributed by atoms with E-state index in [-0.39, 0.29) is 0 Å². The zero-order chi connectivity index (χ0) is 14.7. The number of furan rings is 1. The summed E-state index contributed by atoms with van der Waals surface area (Å²) in [4.78, 5) is 0. The molecule has 0 unspecified atom stereocenters. The fraction of sp³-hybridized carbons (Fsp3) is 0. The predicted octanol–water partition coefficient (Wildman–Crippen LogP) is 2.46. The standard InChI is InChI=1S/C13H11BrN6O/c14-10-3-1-9(2-4-10)12-6-5-11(21-12)7-16-18-13-19-17-8-20(13)15/h1-8H,15H2,(H,18,19)/b16-7-. The van der Waals surface area contributed by atoms with Crippen LogP contribution < -0.4 is 11.3 Å². The van der Waals surface area contributed by atoms with Crippen molar-refractivity contribution in [2.45, 2.75) is 0 Å². The van der Waals surface area contributed by atoms with E-state index in [0.29, 0.717) is 11.7 Å². The summed E-state index contributed by atoms with van der Waals surface area (Å²) in [5.74, 6) is 7.26. The number of rotatable bonds is 4. The van der Waals surface area contributed by atoms with Gasteiger partial charge in [0.25, 0.3) is 5.95 Å². The van der Waals surface area contributed by atoms with E-state index in [9.17, 15) is 0 Å². The minimum Gasteiger partial charge on any atom is -0.455 e. The van der Waals surface area contributed by atoms with Crippen molar-refractivity contribution in [3.63, 3.8) is 0 Å². The SMILES string of the molecule is Nn1cnnc1N/N=C\c1ccc(-c2ccc(Br)cc2)o1. The maximum absolute atomic E-state index is 5.68. The summed E-state index contributed by atoms with van der Waals surface area (Å²) in [6.45, 7) is 0. The van der Waals surface area contributed by atoms with Crippen molar-refractivity contribution in [3.8, 4) is 11.3 Å². The molecule has 0 bridgehead atoms. The molecule has 0 fully saturated rings. The van der Waals surface area contributed by atoms with Gasteiger partial charge in [0.15, 0.2) is 0 Å². The number of hydrogen-bond donors (Lipinski definition) is 2. The van der Waals surface area contributed by atoms with Gasteiger partial charge < -0.3 is 10.3 Å². The number of anilines is 1. The van der Waals surface area contributed by atoms with Crippen molar-refractivity contribution in [1.82, 2.24) is 14.9 Å². The first-order chi connectivity index (χ1) is 10.2. The van der Waals surface area contributed by atoms with Crippen molar-refractivity contribution in [1.29, 1.82) is 0 Å². The second-order valence-corrected chi connectivity index (χ2v) is 5.06. The van der Waals surface area contributed by atoms with Gasteiger partial charge in [-0.3, -0.25) is 0 Å². The van der Waals surface area contributed by atoms with Crippen LogP contribution in [0.2, 0.25) is 0 Å². The van der Waals surface area contributed by atoms with Gasteiger partial charge in [0.05, 0.1) is 6.21 Å². The number of nitrogen functional groups attached to an aromatic ring is 1. The van der Waals surface area contributed by atoms with Crippen LogP contribution in [0.3, 0.4) is 0 Å². The van der Waals surface area contributed by atoms with Crippen molar-refractivity contribution >= 4 is 28.1 Å². The van der Waals surface area contributed by atoms with E-state index in [0.717, 1.165) is 15.8 Å². The number of hydrogen-bond acceptors (Lipinski definition) is 6. The molecule has 2 aromatic heterocycles. The summed E-state index contributed by atoms with van der Waals surface area (Å²) in [7, 11) is 0. The van der Waals surface area contributed by atoms with Gasteiger partial charge in [0, 0.05) is 10.0 Å². The van der Waals surface area contributed by atoms with E-state index in [1.807, 2.05) is 36.4 Å². The van der Waals surface area contributed by atoms with Crippen molar-refractivity contribution in [2.75, 3.05) is 11.3 Å². The Hall–Kier alpha value is -2.61. The molecule has 8 heteroatoms. The molecule has 0 aliphatic rings. The summed E-state index contributed by atoms with van der Waals surface area (Å²) in [6.07, 6.45) is 2.91. The quantitative estimate of drug-likeness (QED) is 0.430. The molecule has 0 aliphatic heterocycles. The number of nitrogens with two attached hydrogens (primary N) is 1. The molecule has 0 atom stereocenters. The van der Waals surface area contributed by atoms with Crippen LogP contribution >= 0.6 is 15.9 Å². The molecule has 0 saturated heterocycles. The van der Waals surface area contributed by atoms with Gasteiger partial charge in [-0.15, -0.1) is 10.2 Å². The average Bonchev–Trinajstić information content (AvgIpc) is 3.10. The Balaban J connectivity index is 1.70. The van der Waals surface area contributed by atoms with Gasteiger partial charge in [-0.25, -0.2) is 10.1 Å². The Kier molecular flexibility index (Phi) is 3.69. The van der Waals surface area contributed by atoms with Crippen molar-refractivity contribution in [2.24, 2.45) is 5.10 Å². The molecule has 106 valence electrons. The Labute approximate surface area is 128 Å². The molecular weight excluding hydrogens is 336 g/mol. The first-order valence-electron chi connectivity index (χ1n) is 6.02. The normalized spacial score (nSPS) is 11.1. The Morgan fingerprint density at radius 1 is 1.24 bits per heavy atom. The third-order valence-corrected chi connectivity index (χ3v) is 3.21. The van der Waals surface area contributed by atoms with Gasteiger partial charge in [0.2, 0.25) is 0 Å². The van der Waals surface area contributed by atoms with Gasteiger partial charge in [-0.05, 0) is 24.3 Å². The highest BCUT2D eigenvalue weighted by atomic mass is 79.9. The molecule has 3 N–H and O–H groups in total. The maximum atomic E-state index is 5.68. The highest BCUT2D eigenvalue weighted by Gasteiger charge is 2.03. The molecule has 0 amide bonds. The van der Waals surface area contributed by atoms with Gasteiger partial charge in [-0.1, -0.05) is 28.1 Å². The van der Waals surface area contributed by atoms with Gasteiger partial charge in [0.1, 0.15) is 17.8 Å². The summed E-state index contributed by atoms with van der Waals surface area (Å²) >= 11 is 3.40. The van der Waals surface area contributed by atoms with E-state index < -0.39 is 0 Å². The Morgan fingerprint density at radius 2 is 2.05 bits per heavy atom. The van der Waals surface area contributed by atoms with E-state index in [4.69, 9.17) is 10.3 Å². The fourth-order valence-electron chi connectivity index (χ4n) is 1.67. The second kappa shape index (κ2) is 5.80. The number of halogens is 1. The number of benzene rings is 1. The molecule has 0 aliphatic carbocycles. The molecule has 1 aromatic carbocycles. The smallest absolute Gasteiger partial charge is 0.263 e. The minimum atomic E-state index is 0.339. The first kappa shape index (κ1) is 13.4. The van der Waals surface area contributed by atoms with E-state index in [1.165, 1.54) is 17.2 Å². The van der Waals surface area contributed by atoms with Crippen LogP contribution in [0.25, 0.3) is 11.3 Å². The molecule has 3 aromatic rings. The largest absolute Gasteiger partial charge is 0.455 e. The minimum absolute atomic E-state index is 0.339. The van der Waals surface area contributed by atoms with Crippen LogP contribution in [0.5, 0.6) is 0 Å². The lowest BCUT2D eigenvalue weighted by Gasteiger charge is -1.97. The lowest BCUT2D eigenvalue weighted by Crippen LogP contribution is -2.10. The maximum Gasteiger partial charge on any atom is 0.263 e. The molecule has 0 spiro atoms. The third-order valence-electron chi connectivity index (χ3n) is 2.68. The highest BCUT2D eigenvalue weighted by molar-refractivity contribution is 9.10. The Bertz CT molecular complexity index is 761. The number of nitrogens with zero attached hydrogens (tertiary/aromatic N) is 4. The zero-order valence-electron chi connectivity index (χ0n) is 10.8. The third kappa shape index (κ3) is 3.11. The fourth-order valence-corrected chi connectivity index (χ4v) is 1.93. The van der Waals surface area contributed by atoms with Crippen LogP contribution in [0.4, 0.5) is 5.95 Å². The van der Waals surface area contributed by atoms with Crippen LogP contribution in [-0.2, 0) is 0 Å². The predicted molar refractivity (Wildman–Crippen MR) is 83.2 cm³/mol. The first-order valence-corrected chi connectivity index (χ1v) is 6.81. The second-order valence-electron chi connectivity index (χ2n) is 4.14.